The Balaban J connectivity index is 2.77. The fraction of sp³-hybridized carbons (Fsp3) is 0.286. The molecule has 0 radical (unpaired) electrons. The Morgan fingerprint density at radius 2 is 1.90 bits per heavy atom. The normalized spacial score (nSPS) is 11.7. The van der Waals surface area contributed by atoms with Crippen LogP contribution < -0.4 is 4.74 Å². The third-order valence-electron chi connectivity index (χ3n) is 2.99. The molecule has 0 atom stereocenters. The molecule has 0 spiro atoms. The molecule has 3 nitrogen and oxygen atoms in total. The van der Waals surface area contributed by atoms with Crippen LogP contribution in [0.5, 0.6) is 5.75 Å². The molecule has 1 aromatic heterocycles. The number of nitrogens with zero attached hydrogens (tertiary/aromatic N) is 1. The summed E-state index contributed by atoms with van der Waals surface area (Å²) in [5.41, 5.74) is 0.710. The largest absolute Gasteiger partial charge is 0.426 e. The van der Waals surface area contributed by atoms with E-state index in [9.17, 15) is 18.0 Å². The van der Waals surface area contributed by atoms with Crippen LogP contribution in [0.4, 0.5) is 13.2 Å². The SMILES string of the molecule is CC(=O)Oc1c(C)c(C)nc2ccc(C(F)(F)F)cc12. The Morgan fingerprint density at radius 3 is 2.45 bits per heavy atom. The highest BCUT2D eigenvalue weighted by Crippen LogP contribution is 2.36. The number of hydrogen-bond acceptors (Lipinski definition) is 3. The highest BCUT2D eigenvalue weighted by atomic mass is 19.4. The van der Waals surface area contributed by atoms with Gasteiger partial charge in [-0.2, -0.15) is 13.2 Å². The summed E-state index contributed by atoms with van der Waals surface area (Å²) in [7, 11) is 0. The van der Waals surface area contributed by atoms with E-state index in [0.717, 1.165) is 12.1 Å². The first-order valence-electron chi connectivity index (χ1n) is 5.86. The van der Waals surface area contributed by atoms with E-state index in [0.29, 0.717) is 16.8 Å². The van der Waals surface area contributed by atoms with Crippen molar-refractivity contribution >= 4 is 16.9 Å². The van der Waals surface area contributed by atoms with Crippen molar-refractivity contribution in [3.63, 3.8) is 0 Å². The number of fused-ring (bicyclic) bond motifs is 1. The maximum absolute atomic E-state index is 12.8. The third kappa shape index (κ3) is 2.59. The van der Waals surface area contributed by atoms with Crippen molar-refractivity contribution < 1.29 is 22.7 Å². The molecular formula is C14H12F3NO2. The van der Waals surface area contributed by atoms with E-state index in [1.54, 1.807) is 13.8 Å². The monoisotopic (exact) mass is 283 g/mol. The van der Waals surface area contributed by atoms with Crippen LogP contribution in [0.25, 0.3) is 10.9 Å². The van der Waals surface area contributed by atoms with E-state index in [1.165, 1.54) is 13.0 Å². The second-order valence-corrected chi connectivity index (χ2v) is 4.47. The molecule has 2 rings (SSSR count). The van der Waals surface area contributed by atoms with Crippen molar-refractivity contribution in [2.75, 3.05) is 0 Å². The second-order valence-electron chi connectivity index (χ2n) is 4.47. The summed E-state index contributed by atoms with van der Waals surface area (Å²) >= 11 is 0. The van der Waals surface area contributed by atoms with Gasteiger partial charge in [0.2, 0.25) is 0 Å². The first-order valence-corrected chi connectivity index (χ1v) is 5.86. The number of hydrogen-bond donors (Lipinski definition) is 0. The molecule has 20 heavy (non-hydrogen) atoms. The van der Waals surface area contributed by atoms with E-state index >= 15 is 0 Å². The first-order chi connectivity index (χ1) is 9.20. The number of carbonyl (C=O) groups is 1. The minimum Gasteiger partial charge on any atom is -0.426 e. The van der Waals surface area contributed by atoms with Crippen LogP contribution in [-0.4, -0.2) is 11.0 Å². The van der Waals surface area contributed by atoms with Gasteiger partial charge in [0, 0.05) is 23.6 Å². The maximum Gasteiger partial charge on any atom is 0.416 e. The lowest BCUT2D eigenvalue weighted by Gasteiger charge is -2.13. The van der Waals surface area contributed by atoms with E-state index in [-0.39, 0.29) is 11.1 Å². The van der Waals surface area contributed by atoms with Crippen LogP contribution >= 0.6 is 0 Å². The number of ether oxygens (including phenoxy) is 1. The van der Waals surface area contributed by atoms with Crippen LogP contribution in [0.1, 0.15) is 23.7 Å². The molecule has 0 N–H and O–H groups in total. The maximum atomic E-state index is 12.8. The molecule has 0 aliphatic carbocycles. The topological polar surface area (TPSA) is 39.2 Å². The molecule has 6 heteroatoms. The van der Waals surface area contributed by atoms with Gasteiger partial charge in [0.15, 0.2) is 0 Å². The van der Waals surface area contributed by atoms with Gasteiger partial charge in [0.05, 0.1) is 11.1 Å². The average molecular weight is 283 g/mol. The number of benzene rings is 1. The molecule has 0 bridgehead atoms. The van der Waals surface area contributed by atoms with Crippen molar-refractivity contribution in [2.24, 2.45) is 0 Å². The highest BCUT2D eigenvalue weighted by molar-refractivity contribution is 5.89. The van der Waals surface area contributed by atoms with Crippen molar-refractivity contribution in [1.29, 1.82) is 0 Å². The quantitative estimate of drug-likeness (QED) is 0.747. The number of carbonyl (C=O) groups excluding carboxylic acids is 1. The van der Waals surface area contributed by atoms with Crippen molar-refractivity contribution in [3.8, 4) is 5.75 Å². The Labute approximate surface area is 113 Å². The zero-order valence-corrected chi connectivity index (χ0v) is 11.1. The number of aryl methyl sites for hydroxylation is 1. The molecule has 0 saturated heterocycles. The summed E-state index contributed by atoms with van der Waals surface area (Å²) < 4.78 is 43.3. The molecule has 0 saturated carbocycles. The molecule has 0 aliphatic rings. The van der Waals surface area contributed by atoms with Crippen LogP contribution in [0.15, 0.2) is 18.2 Å². The predicted molar refractivity (Wildman–Crippen MR) is 67.5 cm³/mol. The molecule has 0 aliphatic heterocycles. The summed E-state index contributed by atoms with van der Waals surface area (Å²) in [5.74, 6) is -0.455. The molecule has 1 heterocycles. The second kappa shape index (κ2) is 4.77. The number of pyridine rings is 1. The average Bonchev–Trinajstić information content (AvgIpc) is 2.33. The Kier molecular flexibility index (Phi) is 3.41. The number of alkyl halides is 3. The molecular weight excluding hydrogens is 271 g/mol. The summed E-state index contributed by atoms with van der Waals surface area (Å²) in [6, 6.07) is 3.19. The standard InChI is InChI=1S/C14H12F3NO2/c1-7-8(2)18-12-5-4-10(14(15,16)17)6-11(12)13(7)20-9(3)19/h4-6H,1-3H3. The summed E-state index contributed by atoms with van der Waals surface area (Å²) in [6.45, 7) is 4.56. The number of esters is 1. The van der Waals surface area contributed by atoms with Crippen LogP contribution in [0.3, 0.4) is 0 Å². The third-order valence-corrected chi connectivity index (χ3v) is 2.99. The zero-order chi connectivity index (χ0) is 15.1. The molecule has 106 valence electrons. The number of aromatic nitrogens is 1. The Hall–Kier alpha value is -2.11. The van der Waals surface area contributed by atoms with Gasteiger partial charge in [-0.25, -0.2) is 0 Å². The molecule has 2 aromatic rings. The van der Waals surface area contributed by atoms with Crippen LogP contribution in [-0.2, 0) is 11.0 Å². The van der Waals surface area contributed by atoms with Crippen molar-refractivity contribution in [1.82, 2.24) is 4.98 Å². The van der Waals surface area contributed by atoms with Gasteiger partial charge in [-0.1, -0.05) is 0 Å². The fourth-order valence-corrected chi connectivity index (χ4v) is 1.90. The Morgan fingerprint density at radius 1 is 1.25 bits per heavy atom. The van der Waals surface area contributed by atoms with Gasteiger partial charge in [-0.15, -0.1) is 0 Å². The van der Waals surface area contributed by atoms with Crippen molar-refractivity contribution in [2.45, 2.75) is 26.9 Å². The lowest BCUT2D eigenvalue weighted by Crippen LogP contribution is -2.08. The van der Waals surface area contributed by atoms with Gasteiger partial charge < -0.3 is 4.74 Å². The zero-order valence-electron chi connectivity index (χ0n) is 11.1. The van der Waals surface area contributed by atoms with Crippen LogP contribution in [0.2, 0.25) is 0 Å². The molecule has 0 unspecified atom stereocenters. The lowest BCUT2D eigenvalue weighted by atomic mass is 10.1. The smallest absolute Gasteiger partial charge is 0.416 e. The molecule has 0 amide bonds. The minimum atomic E-state index is -4.46. The van der Waals surface area contributed by atoms with Gasteiger partial charge in [0.25, 0.3) is 0 Å². The first kappa shape index (κ1) is 14.3. The summed E-state index contributed by atoms with van der Waals surface area (Å²) in [5, 5.41) is 0.179. The molecule has 1 aromatic carbocycles. The number of halogens is 3. The van der Waals surface area contributed by atoms with Gasteiger partial charge in [-0.3, -0.25) is 9.78 Å². The van der Waals surface area contributed by atoms with Gasteiger partial charge >= 0.3 is 12.1 Å². The van der Waals surface area contributed by atoms with E-state index in [2.05, 4.69) is 4.98 Å². The summed E-state index contributed by atoms with van der Waals surface area (Å²) in [6.07, 6.45) is -4.46. The van der Waals surface area contributed by atoms with E-state index in [4.69, 9.17) is 4.74 Å². The van der Waals surface area contributed by atoms with E-state index in [1.807, 2.05) is 0 Å². The fourth-order valence-electron chi connectivity index (χ4n) is 1.90. The number of rotatable bonds is 1. The summed E-state index contributed by atoms with van der Waals surface area (Å²) in [4.78, 5) is 15.3. The Bertz CT molecular complexity index is 693. The highest BCUT2D eigenvalue weighted by Gasteiger charge is 2.31. The lowest BCUT2D eigenvalue weighted by molar-refractivity contribution is -0.137. The van der Waals surface area contributed by atoms with Gasteiger partial charge in [-0.05, 0) is 32.0 Å². The van der Waals surface area contributed by atoms with Crippen molar-refractivity contribution in [3.05, 3.63) is 35.0 Å². The molecule has 0 fully saturated rings. The predicted octanol–water partition coefficient (Wildman–Crippen LogP) is 3.80. The van der Waals surface area contributed by atoms with Gasteiger partial charge in [0.1, 0.15) is 5.75 Å². The van der Waals surface area contributed by atoms with Crippen LogP contribution in [0, 0.1) is 13.8 Å². The van der Waals surface area contributed by atoms with E-state index < -0.39 is 17.7 Å². The minimum absolute atomic E-state index is 0.131.